The number of phenols is 2. The van der Waals surface area contributed by atoms with Crippen molar-refractivity contribution >= 4 is 29.7 Å². The smallest absolute Gasteiger partial charge is 0.198 e. The first kappa shape index (κ1) is 33.2. The van der Waals surface area contributed by atoms with Crippen LogP contribution in [-0.2, 0) is 25.4 Å². The number of fused-ring (bicyclic) bond motifs is 3. The molecule has 2 saturated heterocycles. The Kier molecular flexibility index (Phi) is 9.28. The van der Waals surface area contributed by atoms with Crippen LogP contribution in [-0.4, -0.2) is 118 Å². The van der Waals surface area contributed by atoms with Gasteiger partial charge in [0.2, 0.25) is 0 Å². The predicted octanol–water partition coefficient (Wildman–Crippen LogP) is 0.982. The maximum absolute atomic E-state index is 13.7. The van der Waals surface area contributed by atoms with Crippen molar-refractivity contribution in [2.45, 2.75) is 62.4 Å². The van der Waals surface area contributed by atoms with E-state index in [2.05, 4.69) is 4.90 Å². The molecular weight excluding hydrogens is 612 g/mol. The zero-order valence-electron chi connectivity index (χ0n) is 24.8. The highest BCUT2D eigenvalue weighted by molar-refractivity contribution is 6.32. The second-order valence-electron chi connectivity index (χ2n) is 11.8. The van der Waals surface area contributed by atoms with E-state index >= 15 is 0 Å². The van der Waals surface area contributed by atoms with Gasteiger partial charge in [-0.1, -0.05) is 12.1 Å². The van der Waals surface area contributed by atoms with Crippen LogP contribution in [0.15, 0.2) is 18.2 Å². The number of nitrogens with one attached hydrogen (secondary N) is 1. The van der Waals surface area contributed by atoms with Gasteiger partial charge in [-0.3, -0.25) is 19.9 Å². The number of Topliss-reactive ketones (excluding diaryl/α,β-unsaturated/α-hetero) is 1. The number of benzene rings is 2. The maximum atomic E-state index is 13.7. The lowest BCUT2D eigenvalue weighted by atomic mass is 9.71. The number of ether oxygens (including phenoxy) is 4. The molecule has 2 fully saturated rings. The van der Waals surface area contributed by atoms with Crippen molar-refractivity contribution in [2.75, 3.05) is 40.0 Å². The van der Waals surface area contributed by atoms with Crippen LogP contribution in [0.3, 0.4) is 0 Å². The van der Waals surface area contributed by atoms with Crippen LogP contribution >= 0.6 is 12.4 Å². The Morgan fingerprint density at radius 2 is 1.87 bits per heavy atom. The largest absolute Gasteiger partial charge is 0.507 e. The van der Waals surface area contributed by atoms with Gasteiger partial charge in [-0.15, -0.1) is 12.4 Å². The van der Waals surface area contributed by atoms with Gasteiger partial charge < -0.3 is 44.5 Å². The molecule has 0 spiro atoms. The minimum atomic E-state index is -2.21. The van der Waals surface area contributed by atoms with E-state index < -0.39 is 72.7 Å². The number of ketones is 2. The first-order valence-corrected chi connectivity index (χ1v) is 14.6. The fraction of sp³-hybridized carbons (Fsp3) is 0.516. The minimum Gasteiger partial charge on any atom is -0.507 e. The highest BCUT2D eigenvalue weighted by Crippen LogP contribution is 2.52. The number of hydrogen-bond acceptors (Lipinski definition) is 13. The topological polar surface area (TPSA) is 199 Å². The number of methoxy groups -OCH3 is 1. The Hall–Kier alpha value is -3.14. The molecular formula is C31H37ClN2O11. The molecule has 13 nitrogen and oxygen atoms in total. The van der Waals surface area contributed by atoms with Crippen molar-refractivity contribution < 1.29 is 54.1 Å². The van der Waals surface area contributed by atoms with E-state index in [0.29, 0.717) is 26.3 Å². The van der Waals surface area contributed by atoms with Gasteiger partial charge in [0.15, 0.2) is 17.9 Å². The molecule has 0 amide bonds. The normalized spacial score (nSPS) is 29.7. The number of carbonyl (C=O) groups is 2. The molecule has 6 N–H and O–H groups in total. The number of carbonyl (C=O) groups excluding carboxylic acids is 2. The summed E-state index contributed by atoms with van der Waals surface area (Å²) in [7, 11) is 1.39. The van der Waals surface area contributed by atoms with E-state index in [1.165, 1.54) is 13.2 Å². The van der Waals surface area contributed by atoms with Crippen molar-refractivity contribution in [3.8, 4) is 17.2 Å². The van der Waals surface area contributed by atoms with Gasteiger partial charge in [-0.05, 0) is 13.0 Å². The second-order valence-corrected chi connectivity index (χ2v) is 11.8. The molecule has 0 radical (unpaired) electrons. The lowest BCUT2D eigenvalue weighted by Gasteiger charge is -2.46. The third-order valence-electron chi connectivity index (χ3n) is 9.29. The number of nitrogens with zero attached hydrogens (tertiary/aromatic N) is 1. The number of aromatic hydroxyl groups is 2. The SMILES string of the molecule is COc1cccc2c1C(=N)c1c(O)c3c(c(O)c1C2=O)C[C@@](O)(C(=O)CO)C[C@@H]3O[C@H]1C[C@H](N2CCOCC2)[C@H](O)[C@H](C)O1.Cl. The van der Waals surface area contributed by atoms with E-state index in [-0.39, 0.29) is 69.7 Å². The molecule has 2 aliphatic carbocycles. The molecule has 2 aliphatic heterocycles. The van der Waals surface area contributed by atoms with E-state index in [1.807, 2.05) is 0 Å². The molecule has 4 aliphatic rings. The minimum absolute atomic E-state index is 0. The number of hydrogen-bond donors (Lipinski definition) is 6. The Morgan fingerprint density at radius 3 is 2.53 bits per heavy atom. The molecule has 14 heteroatoms. The average Bonchev–Trinajstić information content (AvgIpc) is 3.02. The number of aliphatic hydroxyl groups excluding tert-OH is 2. The summed E-state index contributed by atoms with van der Waals surface area (Å²) in [5.74, 6) is -2.49. The average molecular weight is 649 g/mol. The van der Waals surface area contributed by atoms with Crippen molar-refractivity contribution in [2.24, 2.45) is 0 Å². The highest BCUT2D eigenvalue weighted by Gasteiger charge is 2.50. The van der Waals surface area contributed by atoms with Crippen LogP contribution in [0.4, 0.5) is 0 Å². The molecule has 6 rings (SSSR count). The van der Waals surface area contributed by atoms with Gasteiger partial charge in [0, 0.05) is 55.1 Å². The van der Waals surface area contributed by atoms with Gasteiger partial charge in [-0.2, -0.15) is 0 Å². The summed E-state index contributed by atoms with van der Waals surface area (Å²) in [6.45, 7) is 2.92. The molecule has 0 bridgehead atoms. The molecule has 0 unspecified atom stereocenters. The third-order valence-corrected chi connectivity index (χ3v) is 9.29. The monoisotopic (exact) mass is 648 g/mol. The van der Waals surface area contributed by atoms with Crippen LogP contribution in [0.25, 0.3) is 0 Å². The molecule has 0 aromatic heterocycles. The van der Waals surface area contributed by atoms with E-state index in [0.717, 1.165) is 0 Å². The number of rotatable bonds is 6. The standard InChI is InChI=1S/C31H36N2O11.ClH/c1-14-27(36)17(33-6-8-42-9-7-33)10-21(43-14)44-19-12-31(40,20(35)13-34)11-16-23(19)30(39)24-25(29(16)38)28(37)15-4-3-5-18(41-2)22(15)26(24)32;/h3-5,14,17,19,21,27,32,34,36,38-40H,6-13H2,1-2H3;1H/t14-,17-,19-,21-,27+,31-;/m0./s1. The number of phenolic OH excluding ortho intramolecular Hbond substituents is 2. The molecule has 2 aromatic rings. The van der Waals surface area contributed by atoms with Crippen LogP contribution in [0.5, 0.6) is 17.2 Å². The lowest BCUT2D eigenvalue weighted by Crippen LogP contribution is -2.58. The fourth-order valence-electron chi connectivity index (χ4n) is 7.01. The first-order valence-electron chi connectivity index (χ1n) is 14.6. The van der Waals surface area contributed by atoms with Crippen LogP contribution < -0.4 is 4.74 Å². The number of halogens is 1. The van der Waals surface area contributed by atoms with Crippen LogP contribution in [0.1, 0.15) is 64.0 Å². The summed E-state index contributed by atoms with van der Waals surface area (Å²) >= 11 is 0. The first-order chi connectivity index (χ1) is 21.0. The van der Waals surface area contributed by atoms with E-state index in [1.54, 1.807) is 19.1 Å². The zero-order chi connectivity index (χ0) is 31.5. The lowest BCUT2D eigenvalue weighted by molar-refractivity contribution is -0.260. The summed E-state index contributed by atoms with van der Waals surface area (Å²) in [6, 6.07) is 4.27. The fourth-order valence-corrected chi connectivity index (χ4v) is 7.01. The van der Waals surface area contributed by atoms with Gasteiger partial charge in [0.25, 0.3) is 0 Å². The van der Waals surface area contributed by atoms with Crippen molar-refractivity contribution in [1.82, 2.24) is 4.90 Å². The Labute approximate surface area is 265 Å². The van der Waals surface area contributed by atoms with Crippen LogP contribution in [0.2, 0.25) is 0 Å². The highest BCUT2D eigenvalue weighted by atomic mass is 35.5. The Balaban J connectivity index is 0.00000400. The Morgan fingerprint density at radius 1 is 1.16 bits per heavy atom. The van der Waals surface area contributed by atoms with Crippen molar-refractivity contribution in [3.63, 3.8) is 0 Å². The van der Waals surface area contributed by atoms with E-state index in [9.17, 15) is 35.1 Å². The summed E-state index contributed by atoms with van der Waals surface area (Å²) in [5, 5.41) is 64.4. The summed E-state index contributed by atoms with van der Waals surface area (Å²) in [5.41, 5.74) is -2.92. The quantitative estimate of drug-likeness (QED) is 0.207. The predicted molar refractivity (Wildman–Crippen MR) is 160 cm³/mol. The second kappa shape index (κ2) is 12.6. The van der Waals surface area contributed by atoms with Crippen molar-refractivity contribution in [1.29, 1.82) is 5.41 Å². The van der Waals surface area contributed by atoms with Gasteiger partial charge in [0.1, 0.15) is 29.5 Å². The van der Waals surface area contributed by atoms with Gasteiger partial charge in [0.05, 0.1) is 61.0 Å². The third kappa shape index (κ3) is 5.40. The molecule has 244 valence electrons. The van der Waals surface area contributed by atoms with Crippen molar-refractivity contribution in [3.05, 3.63) is 51.6 Å². The van der Waals surface area contributed by atoms with E-state index in [4.69, 9.17) is 24.4 Å². The molecule has 0 saturated carbocycles. The summed E-state index contributed by atoms with van der Waals surface area (Å²) < 4.78 is 23.2. The molecule has 6 atom stereocenters. The summed E-state index contributed by atoms with van der Waals surface area (Å²) in [4.78, 5) is 28.6. The van der Waals surface area contributed by atoms with Gasteiger partial charge >= 0.3 is 0 Å². The molecule has 45 heavy (non-hydrogen) atoms. The number of aliphatic hydroxyl groups is 3. The molecule has 2 heterocycles. The van der Waals surface area contributed by atoms with Crippen LogP contribution in [0, 0.1) is 5.41 Å². The Bertz CT molecular complexity index is 1530. The maximum Gasteiger partial charge on any atom is 0.198 e. The number of morpholine rings is 1. The molecule has 2 aromatic carbocycles. The van der Waals surface area contributed by atoms with Gasteiger partial charge in [-0.25, -0.2) is 0 Å². The zero-order valence-corrected chi connectivity index (χ0v) is 25.6. The summed E-state index contributed by atoms with van der Waals surface area (Å²) in [6.07, 6.45) is -4.43.